The summed E-state index contributed by atoms with van der Waals surface area (Å²) < 4.78 is 28.4. The number of rotatable bonds is 2. The zero-order valence-corrected chi connectivity index (χ0v) is 11.1. The number of nitrogens with one attached hydrogen (secondary N) is 1. The maximum Gasteiger partial charge on any atom is 0.324 e. The van der Waals surface area contributed by atoms with Crippen LogP contribution >= 0.6 is 0 Å². The fourth-order valence-electron chi connectivity index (χ4n) is 2.90. The zero-order chi connectivity index (χ0) is 12.6. The summed E-state index contributed by atoms with van der Waals surface area (Å²) in [5, 5.41) is 0. The SMILES string of the molecule is O=S1(=O)Nc2ccccc2N1CC1CCCCC1. The Bertz CT molecular complexity index is 536. The van der Waals surface area contributed by atoms with Crippen LogP contribution in [0, 0.1) is 5.92 Å². The molecule has 1 aromatic carbocycles. The monoisotopic (exact) mass is 266 g/mol. The van der Waals surface area contributed by atoms with E-state index in [1.807, 2.05) is 24.3 Å². The first-order chi connectivity index (χ1) is 8.67. The molecule has 0 unspecified atom stereocenters. The molecule has 18 heavy (non-hydrogen) atoms. The third-order valence-electron chi connectivity index (χ3n) is 3.85. The summed E-state index contributed by atoms with van der Waals surface area (Å²) in [4.78, 5) is 0. The summed E-state index contributed by atoms with van der Waals surface area (Å²) in [5.74, 6) is 0.501. The van der Waals surface area contributed by atoms with Gasteiger partial charge in [-0.05, 0) is 30.9 Å². The summed E-state index contributed by atoms with van der Waals surface area (Å²) in [6, 6.07) is 7.42. The second-order valence-electron chi connectivity index (χ2n) is 5.16. The van der Waals surface area contributed by atoms with Crippen LogP contribution in [0.3, 0.4) is 0 Å². The molecule has 0 saturated heterocycles. The second kappa shape index (κ2) is 4.46. The molecule has 1 aliphatic carbocycles. The molecule has 1 aliphatic heterocycles. The van der Waals surface area contributed by atoms with Crippen molar-refractivity contribution in [2.75, 3.05) is 15.6 Å². The van der Waals surface area contributed by atoms with Gasteiger partial charge >= 0.3 is 10.2 Å². The van der Waals surface area contributed by atoms with Gasteiger partial charge in [0, 0.05) is 6.54 Å². The summed E-state index contributed by atoms with van der Waals surface area (Å²) in [5.41, 5.74) is 1.50. The Balaban J connectivity index is 1.85. The van der Waals surface area contributed by atoms with Crippen molar-refractivity contribution < 1.29 is 8.42 Å². The lowest BCUT2D eigenvalue weighted by molar-refractivity contribution is 0.367. The van der Waals surface area contributed by atoms with E-state index >= 15 is 0 Å². The van der Waals surface area contributed by atoms with Gasteiger partial charge in [-0.25, -0.2) is 0 Å². The van der Waals surface area contributed by atoms with Crippen LogP contribution in [0.4, 0.5) is 11.4 Å². The van der Waals surface area contributed by atoms with E-state index in [-0.39, 0.29) is 0 Å². The standard InChI is InChI=1S/C13H18N2O2S/c16-18(17)14-12-8-4-5-9-13(12)15(18)10-11-6-2-1-3-7-11/h4-5,8-9,11,14H,1-3,6-7,10H2. The maximum atomic E-state index is 12.1. The van der Waals surface area contributed by atoms with Gasteiger partial charge in [0.2, 0.25) is 0 Å². The van der Waals surface area contributed by atoms with Gasteiger partial charge in [-0.15, -0.1) is 0 Å². The van der Waals surface area contributed by atoms with Crippen LogP contribution in [0.15, 0.2) is 24.3 Å². The van der Waals surface area contributed by atoms with E-state index in [0.29, 0.717) is 18.2 Å². The van der Waals surface area contributed by atoms with Crippen molar-refractivity contribution in [2.45, 2.75) is 32.1 Å². The third kappa shape index (κ3) is 2.07. The molecule has 98 valence electrons. The molecule has 0 amide bonds. The first-order valence-electron chi connectivity index (χ1n) is 6.56. The Labute approximate surface area is 108 Å². The van der Waals surface area contributed by atoms with E-state index < -0.39 is 10.2 Å². The number of hydrogen-bond donors (Lipinski definition) is 1. The molecule has 1 fully saturated rings. The fourth-order valence-corrected chi connectivity index (χ4v) is 4.29. The van der Waals surface area contributed by atoms with Gasteiger partial charge in [-0.2, -0.15) is 8.42 Å². The molecule has 2 aliphatic rings. The number of hydrogen-bond acceptors (Lipinski definition) is 2. The van der Waals surface area contributed by atoms with Crippen LogP contribution in [0.25, 0.3) is 0 Å². The van der Waals surface area contributed by atoms with Crippen LogP contribution in [0.1, 0.15) is 32.1 Å². The molecule has 0 radical (unpaired) electrons. The smallest absolute Gasteiger partial charge is 0.264 e. The van der Waals surface area contributed by atoms with Crippen molar-refractivity contribution in [1.82, 2.24) is 0 Å². The first kappa shape index (κ1) is 11.8. The number of nitrogens with zero attached hydrogens (tertiary/aromatic N) is 1. The topological polar surface area (TPSA) is 49.4 Å². The minimum Gasteiger partial charge on any atom is -0.264 e. The van der Waals surface area contributed by atoms with E-state index in [4.69, 9.17) is 0 Å². The molecule has 1 saturated carbocycles. The number of benzene rings is 1. The lowest BCUT2D eigenvalue weighted by Crippen LogP contribution is -2.35. The quantitative estimate of drug-likeness (QED) is 0.894. The molecule has 0 atom stereocenters. The minimum atomic E-state index is -3.36. The van der Waals surface area contributed by atoms with Crippen LogP contribution in [0.5, 0.6) is 0 Å². The van der Waals surface area contributed by atoms with Crippen LogP contribution in [-0.4, -0.2) is 15.0 Å². The van der Waals surface area contributed by atoms with Crippen molar-refractivity contribution in [3.63, 3.8) is 0 Å². The Morgan fingerprint density at radius 2 is 1.89 bits per heavy atom. The molecular formula is C13H18N2O2S. The lowest BCUT2D eigenvalue weighted by atomic mass is 9.89. The molecule has 1 aromatic rings. The average molecular weight is 266 g/mol. The molecule has 0 aromatic heterocycles. The molecule has 0 bridgehead atoms. The van der Waals surface area contributed by atoms with Crippen molar-refractivity contribution in [3.05, 3.63) is 24.3 Å². The number of para-hydroxylation sites is 2. The highest BCUT2D eigenvalue weighted by Crippen LogP contribution is 2.37. The highest BCUT2D eigenvalue weighted by atomic mass is 32.2. The van der Waals surface area contributed by atoms with Gasteiger partial charge in [-0.1, -0.05) is 31.4 Å². The van der Waals surface area contributed by atoms with E-state index in [2.05, 4.69) is 4.72 Å². The van der Waals surface area contributed by atoms with Crippen molar-refractivity contribution in [2.24, 2.45) is 5.92 Å². The summed E-state index contributed by atoms with van der Waals surface area (Å²) in [6.45, 7) is 0.617. The predicted octanol–water partition coefficient (Wildman–Crippen LogP) is 2.74. The second-order valence-corrected chi connectivity index (χ2v) is 6.75. The van der Waals surface area contributed by atoms with Gasteiger partial charge in [-0.3, -0.25) is 9.03 Å². The normalized spacial score (nSPS) is 22.6. The van der Waals surface area contributed by atoms with E-state index in [1.165, 1.54) is 19.3 Å². The van der Waals surface area contributed by atoms with E-state index in [1.54, 1.807) is 4.31 Å². The molecule has 4 nitrogen and oxygen atoms in total. The van der Waals surface area contributed by atoms with Crippen molar-refractivity contribution >= 4 is 21.6 Å². The summed E-state index contributed by atoms with van der Waals surface area (Å²) in [7, 11) is -3.36. The molecule has 1 heterocycles. The predicted molar refractivity (Wildman–Crippen MR) is 72.9 cm³/mol. The minimum absolute atomic E-state index is 0.501. The molecule has 5 heteroatoms. The highest BCUT2D eigenvalue weighted by molar-refractivity contribution is 7.94. The first-order valence-corrected chi connectivity index (χ1v) is 8.00. The highest BCUT2D eigenvalue weighted by Gasteiger charge is 2.33. The maximum absolute atomic E-state index is 12.1. The Kier molecular flexibility index (Phi) is 2.93. The number of fused-ring (bicyclic) bond motifs is 1. The van der Waals surface area contributed by atoms with Crippen LogP contribution in [-0.2, 0) is 10.2 Å². The van der Waals surface area contributed by atoms with Crippen molar-refractivity contribution in [1.29, 1.82) is 0 Å². The van der Waals surface area contributed by atoms with Crippen LogP contribution < -0.4 is 9.03 Å². The Morgan fingerprint density at radius 3 is 2.67 bits per heavy atom. The Morgan fingerprint density at radius 1 is 1.17 bits per heavy atom. The summed E-state index contributed by atoms with van der Waals surface area (Å²) in [6.07, 6.45) is 6.04. The number of anilines is 2. The van der Waals surface area contributed by atoms with E-state index in [0.717, 1.165) is 18.5 Å². The molecule has 3 rings (SSSR count). The van der Waals surface area contributed by atoms with E-state index in [9.17, 15) is 8.42 Å². The third-order valence-corrected chi connectivity index (χ3v) is 5.25. The average Bonchev–Trinajstić information content (AvgIpc) is 2.62. The zero-order valence-electron chi connectivity index (χ0n) is 10.3. The molecular weight excluding hydrogens is 248 g/mol. The van der Waals surface area contributed by atoms with Gasteiger partial charge in [0.1, 0.15) is 0 Å². The van der Waals surface area contributed by atoms with Gasteiger partial charge in [0.25, 0.3) is 0 Å². The molecule has 0 spiro atoms. The van der Waals surface area contributed by atoms with Gasteiger partial charge in [0.05, 0.1) is 11.4 Å². The van der Waals surface area contributed by atoms with Gasteiger partial charge < -0.3 is 0 Å². The van der Waals surface area contributed by atoms with Crippen LogP contribution in [0.2, 0.25) is 0 Å². The molecule has 1 N–H and O–H groups in total. The summed E-state index contributed by atoms with van der Waals surface area (Å²) >= 11 is 0. The lowest BCUT2D eigenvalue weighted by Gasteiger charge is -2.26. The van der Waals surface area contributed by atoms with Gasteiger partial charge in [0.15, 0.2) is 0 Å². The largest absolute Gasteiger partial charge is 0.324 e. The Hall–Kier alpha value is -1.23. The fraction of sp³-hybridized carbons (Fsp3) is 0.538. The van der Waals surface area contributed by atoms with Crippen molar-refractivity contribution in [3.8, 4) is 0 Å².